The summed E-state index contributed by atoms with van der Waals surface area (Å²) in [5.41, 5.74) is 0.00278. The first kappa shape index (κ1) is 14.1. The molecule has 1 heterocycles. The van der Waals surface area contributed by atoms with Crippen molar-refractivity contribution in [2.45, 2.75) is 32.6 Å². The molecular weight excluding hydrogens is 258 g/mol. The fraction of sp³-hybridized carbons (Fsp3) is 0.333. The molecule has 0 unspecified atom stereocenters. The standard InChI is InChI=1S/C15H17NO4/c1-10-13(17)19-12(11-8-6-5-7-9-11)16(10)14(18)20-15(2,3)4/h5-9,12H,1H2,2-4H3/t12-/m1/s1. The predicted molar refractivity (Wildman–Crippen MR) is 72.5 cm³/mol. The zero-order valence-electron chi connectivity index (χ0n) is 11.8. The van der Waals surface area contributed by atoms with E-state index in [0.29, 0.717) is 5.56 Å². The Bertz CT molecular complexity index is 545. The topological polar surface area (TPSA) is 55.8 Å². The van der Waals surface area contributed by atoms with Crippen molar-refractivity contribution in [2.75, 3.05) is 0 Å². The predicted octanol–water partition coefficient (Wildman–Crippen LogP) is 2.99. The maximum absolute atomic E-state index is 12.2. The Morgan fingerprint density at radius 2 is 1.90 bits per heavy atom. The molecule has 5 nitrogen and oxygen atoms in total. The fourth-order valence-corrected chi connectivity index (χ4v) is 1.81. The summed E-state index contributed by atoms with van der Waals surface area (Å²) in [5, 5.41) is 0. The minimum atomic E-state index is -0.828. The van der Waals surface area contributed by atoms with Gasteiger partial charge in [0.25, 0.3) is 0 Å². The van der Waals surface area contributed by atoms with Crippen LogP contribution in [0.25, 0.3) is 0 Å². The van der Waals surface area contributed by atoms with Crippen molar-refractivity contribution in [2.24, 2.45) is 0 Å². The highest BCUT2D eigenvalue weighted by molar-refractivity contribution is 5.94. The van der Waals surface area contributed by atoms with Gasteiger partial charge in [0, 0.05) is 5.56 Å². The maximum atomic E-state index is 12.2. The molecule has 2 rings (SSSR count). The Kier molecular flexibility index (Phi) is 3.53. The van der Waals surface area contributed by atoms with E-state index in [2.05, 4.69) is 6.58 Å². The quantitative estimate of drug-likeness (QED) is 0.584. The Labute approximate surface area is 117 Å². The van der Waals surface area contributed by atoms with Crippen LogP contribution in [-0.4, -0.2) is 22.6 Å². The molecule has 106 valence electrons. The van der Waals surface area contributed by atoms with Crippen molar-refractivity contribution in [3.63, 3.8) is 0 Å². The Morgan fingerprint density at radius 1 is 1.30 bits per heavy atom. The van der Waals surface area contributed by atoms with E-state index in [9.17, 15) is 9.59 Å². The molecule has 0 aromatic heterocycles. The van der Waals surface area contributed by atoms with E-state index in [1.807, 2.05) is 6.07 Å². The van der Waals surface area contributed by atoms with Crippen LogP contribution in [-0.2, 0) is 14.3 Å². The SMILES string of the molecule is C=C1C(=O)O[C@H](c2ccccc2)N1C(=O)OC(C)(C)C. The summed E-state index contributed by atoms with van der Waals surface area (Å²) in [6, 6.07) is 8.99. The molecule has 0 N–H and O–H groups in total. The Morgan fingerprint density at radius 3 is 2.45 bits per heavy atom. The number of amides is 1. The van der Waals surface area contributed by atoms with Gasteiger partial charge in [0.1, 0.15) is 11.3 Å². The number of cyclic esters (lactones) is 1. The number of esters is 1. The van der Waals surface area contributed by atoms with Crippen LogP contribution in [0, 0.1) is 0 Å². The molecule has 1 fully saturated rings. The highest BCUT2D eigenvalue weighted by Gasteiger charge is 2.42. The number of hydrogen-bond donors (Lipinski definition) is 0. The second kappa shape index (κ2) is 5.00. The summed E-state index contributed by atoms with van der Waals surface area (Å²) < 4.78 is 10.5. The van der Waals surface area contributed by atoms with E-state index in [1.54, 1.807) is 45.0 Å². The second-order valence-corrected chi connectivity index (χ2v) is 5.47. The number of carbonyl (C=O) groups is 2. The average molecular weight is 275 g/mol. The third-order valence-electron chi connectivity index (χ3n) is 2.65. The van der Waals surface area contributed by atoms with Gasteiger partial charge in [0.05, 0.1) is 0 Å². The van der Waals surface area contributed by atoms with E-state index in [-0.39, 0.29) is 5.70 Å². The number of rotatable bonds is 1. The number of ether oxygens (including phenoxy) is 2. The van der Waals surface area contributed by atoms with E-state index < -0.39 is 23.9 Å². The molecule has 1 saturated heterocycles. The molecule has 20 heavy (non-hydrogen) atoms. The molecule has 1 aliphatic rings. The Hall–Kier alpha value is -2.30. The molecule has 1 aromatic carbocycles. The van der Waals surface area contributed by atoms with Crippen LogP contribution in [0.1, 0.15) is 32.6 Å². The van der Waals surface area contributed by atoms with Gasteiger partial charge in [-0.1, -0.05) is 36.9 Å². The monoisotopic (exact) mass is 275 g/mol. The van der Waals surface area contributed by atoms with Gasteiger partial charge in [0.15, 0.2) is 0 Å². The van der Waals surface area contributed by atoms with E-state index >= 15 is 0 Å². The highest BCUT2D eigenvalue weighted by atomic mass is 16.6. The molecule has 0 bridgehead atoms. The van der Waals surface area contributed by atoms with Gasteiger partial charge in [-0.3, -0.25) is 0 Å². The van der Waals surface area contributed by atoms with Crippen molar-refractivity contribution >= 4 is 12.1 Å². The van der Waals surface area contributed by atoms with E-state index in [1.165, 1.54) is 0 Å². The summed E-state index contributed by atoms with van der Waals surface area (Å²) in [6.07, 6.45) is -1.48. The molecule has 1 aromatic rings. The lowest BCUT2D eigenvalue weighted by Gasteiger charge is -2.26. The fourth-order valence-electron chi connectivity index (χ4n) is 1.81. The second-order valence-electron chi connectivity index (χ2n) is 5.47. The molecule has 0 radical (unpaired) electrons. The molecular formula is C15H17NO4. The lowest BCUT2D eigenvalue weighted by molar-refractivity contribution is -0.140. The van der Waals surface area contributed by atoms with Gasteiger partial charge in [0.2, 0.25) is 6.23 Å². The van der Waals surface area contributed by atoms with Crippen LogP contribution in [0.4, 0.5) is 4.79 Å². The molecule has 0 aliphatic carbocycles. The molecule has 0 spiro atoms. The lowest BCUT2D eigenvalue weighted by atomic mass is 10.2. The van der Waals surface area contributed by atoms with Crippen LogP contribution in [0.3, 0.4) is 0 Å². The summed E-state index contributed by atoms with van der Waals surface area (Å²) >= 11 is 0. The number of carbonyl (C=O) groups excluding carboxylic acids is 2. The van der Waals surface area contributed by atoms with Crippen molar-refractivity contribution < 1.29 is 19.1 Å². The van der Waals surface area contributed by atoms with Gasteiger partial charge in [-0.15, -0.1) is 0 Å². The smallest absolute Gasteiger partial charge is 0.418 e. The Balaban J connectivity index is 2.30. The molecule has 0 saturated carbocycles. The van der Waals surface area contributed by atoms with Crippen molar-refractivity contribution in [3.05, 3.63) is 48.2 Å². The third-order valence-corrected chi connectivity index (χ3v) is 2.65. The van der Waals surface area contributed by atoms with Crippen LogP contribution < -0.4 is 0 Å². The zero-order valence-corrected chi connectivity index (χ0v) is 11.8. The van der Waals surface area contributed by atoms with Gasteiger partial charge in [-0.05, 0) is 20.8 Å². The zero-order chi connectivity index (χ0) is 14.9. The highest BCUT2D eigenvalue weighted by Crippen LogP contribution is 2.34. The summed E-state index contributed by atoms with van der Waals surface area (Å²) in [6.45, 7) is 8.86. The van der Waals surface area contributed by atoms with Gasteiger partial charge < -0.3 is 9.47 Å². The van der Waals surface area contributed by atoms with Gasteiger partial charge >= 0.3 is 12.1 Å². The lowest BCUT2D eigenvalue weighted by Crippen LogP contribution is -2.35. The van der Waals surface area contributed by atoms with Crippen LogP contribution in [0.15, 0.2) is 42.6 Å². The molecule has 1 atom stereocenters. The number of nitrogens with zero attached hydrogens (tertiary/aromatic N) is 1. The number of benzene rings is 1. The third kappa shape index (κ3) is 2.82. The van der Waals surface area contributed by atoms with Crippen LogP contribution in [0.2, 0.25) is 0 Å². The average Bonchev–Trinajstić information content (AvgIpc) is 2.65. The minimum absolute atomic E-state index is 0.0203. The largest absolute Gasteiger partial charge is 0.443 e. The van der Waals surface area contributed by atoms with Crippen molar-refractivity contribution in [1.82, 2.24) is 4.90 Å². The first-order valence-corrected chi connectivity index (χ1v) is 6.26. The first-order chi connectivity index (χ1) is 9.29. The normalized spacial score (nSPS) is 18.9. The minimum Gasteiger partial charge on any atom is -0.443 e. The summed E-state index contributed by atoms with van der Waals surface area (Å²) in [5.74, 6) is -0.621. The maximum Gasteiger partial charge on any atom is 0.418 e. The summed E-state index contributed by atoms with van der Waals surface area (Å²) in [4.78, 5) is 25.0. The van der Waals surface area contributed by atoms with Gasteiger partial charge in [-0.25, -0.2) is 14.5 Å². The van der Waals surface area contributed by atoms with Crippen molar-refractivity contribution in [1.29, 1.82) is 0 Å². The van der Waals surface area contributed by atoms with Crippen LogP contribution in [0.5, 0.6) is 0 Å². The van der Waals surface area contributed by atoms with E-state index in [0.717, 1.165) is 4.90 Å². The number of hydrogen-bond acceptors (Lipinski definition) is 4. The first-order valence-electron chi connectivity index (χ1n) is 6.26. The molecule has 1 aliphatic heterocycles. The summed E-state index contributed by atoms with van der Waals surface area (Å²) in [7, 11) is 0. The van der Waals surface area contributed by atoms with Crippen molar-refractivity contribution in [3.8, 4) is 0 Å². The van der Waals surface area contributed by atoms with Crippen LogP contribution >= 0.6 is 0 Å². The molecule has 5 heteroatoms. The van der Waals surface area contributed by atoms with E-state index in [4.69, 9.17) is 9.47 Å². The molecule has 1 amide bonds. The van der Waals surface area contributed by atoms with Gasteiger partial charge in [-0.2, -0.15) is 0 Å².